The molecule has 44 heavy (non-hydrogen) atoms. The van der Waals surface area contributed by atoms with Crippen LogP contribution in [0.4, 0.5) is 17.1 Å². The van der Waals surface area contributed by atoms with E-state index in [0.717, 1.165) is 50.3 Å². The number of nitrogens with zero attached hydrogens (tertiary/aromatic N) is 2. The second-order valence-corrected chi connectivity index (χ2v) is 10.8. The summed E-state index contributed by atoms with van der Waals surface area (Å²) in [5.74, 6) is 0. The molecule has 8 rings (SSSR count). The van der Waals surface area contributed by atoms with Crippen LogP contribution in [0, 0.1) is 0 Å². The molecule has 8 aromatic rings. The van der Waals surface area contributed by atoms with Gasteiger partial charge in [-0.3, -0.25) is 4.98 Å². The molecule has 0 fully saturated rings. The first kappa shape index (κ1) is 25.8. The van der Waals surface area contributed by atoms with Crippen LogP contribution < -0.4 is 4.90 Å². The monoisotopic (exact) mass is 564 g/mol. The Bertz CT molecular complexity index is 2100. The molecule has 0 radical (unpaired) electrons. The van der Waals surface area contributed by atoms with Crippen LogP contribution in [0.2, 0.25) is 0 Å². The summed E-state index contributed by atoms with van der Waals surface area (Å²) >= 11 is 0. The Labute approximate surface area is 256 Å². The van der Waals surface area contributed by atoms with Gasteiger partial charge < -0.3 is 9.32 Å². The van der Waals surface area contributed by atoms with Crippen molar-refractivity contribution in [1.82, 2.24) is 4.98 Å². The molecule has 0 saturated heterocycles. The Kier molecular flexibility index (Phi) is 6.47. The highest BCUT2D eigenvalue weighted by Gasteiger charge is 2.16. The van der Waals surface area contributed by atoms with Gasteiger partial charge in [0.15, 0.2) is 5.58 Å². The topological polar surface area (TPSA) is 29.3 Å². The van der Waals surface area contributed by atoms with Gasteiger partial charge in [0, 0.05) is 34.2 Å². The van der Waals surface area contributed by atoms with Crippen LogP contribution >= 0.6 is 0 Å². The third-order valence-electron chi connectivity index (χ3n) is 8.15. The first-order valence-corrected chi connectivity index (χ1v) is 14.8. The molecule has 0 aliphatic heterocycles. The number of pyridine rings is 1. The highest BCUT2D eigenvalue weighted by atomic mass is 16.3. The van der Waals surface area contributed by atoms with Crippen molar-refractivity contribution in [2.75, 3.05) is 4.90 Å². The van der Waals surface area contributed by atoms with Crippen molar-refractivity contribution >= 4 is 39.1 Å². The summed E-state index contributed by atoms with van der Waals surface area (Å²) < 4.78 is 6.28. The van der Waals surface area contributed by atoms with Gasteiger partial charge in [-0.1, -0.05) is 109 Å². The van der Waals surface area contributed by atoms with Gasteiger partial charge in [-0.15, -0.1) is 0 Å². The molecule has 0 atom stereocenters. The van der Waals surface area contributed by atoms with E-state index in [2.05, 4.69) is 149 Å². The number of anilines is 3. The second kappa shape index (κ2) is 11.0. The molecule has 0 bridgehead atoms. The predicted molar refractivity (Wildman–Crippen MR) is 183 cm³/mol. The molecular weight excluding hydrogens is 536 g/mol. The maximum atomic E-state index is 6.28. The summed E-state index contributed by atoms with van der Waals surface area (Å²) in [5, 5.41) is 1.03. The smallest absolute Gasteiger partial charge is 0.153 e. The van der Waals surface area contributed by atoms with Crippen molar-refractivity contribution in [2.45, 2.75) is 0 Å². The minimum atomic E-state index is 0.802. The SMILES string of the molecule is c1ccc(-c2ccc(N(c3ccc(-c4ccccc4)cc3)c3ccc(-c4cccc5c4oc4cccnc45)cc3)cc2)cc1. The quantitative estimate of drug-likeness (QED) is 0.201. The van der Waals surface area contributed by atoms with Gasteiger partial charge in [-0.25, -0.2) is 0 Å². The fourth-order valence-corrected chi connectivity index (χ4v) is 5.95. The van der Waals surface area contributed by atoms with Gasteiger partial charge in [-0.05, 0) is 82.4 Å². The van der Waals surface area contributed by atoms with Gasteiger partial charge in [0.05, 0.1) is 0 Å². The largest absolute Gasteiger partial charge is 0.454 e. The Balaban J connectivity index is 1.19. The van der Waals surface area contributed by atoms with Crippen molar-refractivity contribution in [3.05, 3.63) is 170 Å². The Hall–Kier alpha value is -5.93. The lowest BCUT2D eigenvalue weighted by atomic mass is 10.0. The van der Waals surface area contributed by atoms with E-state index in [1.165, 1.54) is 22.3 Å². The van der Waals surface area contributed by atoms with Crippen molar-refractivity contribution < 1.29 is 4.42 Å². The van der Waals surface area contributed by atoms with Crippen LogP contribution in [0.1, 0.15) is 0 Å². The number of rotatable bonds is 6. The lowest BCUT2D eigenvalue weighted by Gasteiger charge is -2.26. The molecule has 2 heterocycles. The number of benzene rings is 6. The van der Waals surface area contributed by atoms with E-state index in [4.69, 9.17) is 4.42 Å². The van der Waals surface area contributed by atoms with Gasteiger partial charge in [0.25, 0.3) is 0 Å². The first-order valence-electron chi connectivity index (χ1n) is 14.8. The maximum Gasteiger partial charge on any atom is 0.153 e. The molecule has 0 aliphatic carbocycles. The summed E-state index contributed by atoms with van der Waals surface area (Å²) in [6, 6.07) is 57.4. The Morgan fingerprint density at radius 3 is 1.45 bits per heavy atom. The van der Waals surface area contributed by atoms with Gasteiger partial charge in [0.2, 0.25) is 0 Å². The lowest BCUT2D eigenvalue weighted by Crippen LogP contribution is -2.09. The van der Waals surface area contributed by atoms with E-state index in [1.807, 2.05) is 30.5 Å². The third kappa shape index (κ3) is 4.71. The molecule has 6 aromatic carbocycles. The molecule has 0 spiro atoms. The fourth-order valence-electron chi connectivity index (χ4n) is 5.95. The van der Waals surface area contributed by atoms with Crippen LogP contribution in [-0.4, -0.2) is 4.98 Å². The molecule has 0 saturated carbocycles. The zero-order chi connectivity index (χ0) is 29.3. The Morgan fingerprint density at radius 2 is 0.909 bits per heavy atom. The van der Waals surface area contributed by atoms with Crippen molar-refractivity contribution in [1.29, 1.82) is 0 Å². The number of para-hydroxylation sites is 1. The van der Waals surface area contributed by atoms with Gasteiger partial charge in [0.1, 0.15) is 11.1 Å². The van der Waals surface area contributed by atoms with E-state index >= 15 is 0 Å². The number of hydrogen-bond donors (Lipinski definition) is 0. The minimum absolute atomic E-state index is 0.802. The average Bonchev–Trinajstić information content (AvgIpc) is 3.49. The molecule has 0 N–H and O–H groups in total. The standard InChI is InChI=1S/C41H28N2O/c1-3-9-29(10-4-1)31-16-22-34(23-17-31)43(35-24-18-32(19-25-35)30-11-5-2-6-12-30)36-26-20-33(21-27-36)37-13-7-14-38-40-39(44-41(37)38)15-8-28-42-40/h1-28H. The minimum Gasteiger partial charge on any atom is -0.454 e. The highest BCUT2D eigenvalue weighted by Crippen LogP contribution is 2.39. The van der Waals surface area contributed by atoms with E-state index in [0.29, 0.717) is 0 Å². The average molecular weight is 565 g/mol. The van der Waals surface area contributed by atoms with E-state index in [-0.39, 0.29) is 0 Å². The summed E-state index contributed by atoms with van der Waals surface area (Å²) in [6.45, 7) is 0. The zero-order valence-corrected chi connectivity index (χ0v) is 24.0. The number of furan rings is 1. The van der Waals surface area contributed by atoms with Crippen molar-refractivity contribution in [2.24, 2.45) is 0 Å². The summed E-state index contributed by atoms with van der Waals surface area (Å²) in [7, 11) is 0. The summed E-state index contributed by atoms with van der Waals surface area (Å²) in [4.78, 5) is 6.86. The number of fused-ring (bicyclic) bond motifs is 3. The van der Waals surface area contributed by atoms with Crippen molar-refractivity contribution in [3.8, 4) is 33.4 Å². The lowest BCUT2D eigenvalue weighted by molar-refractivity contribution is 0.669. The van der Waals surface area contributed by atoms with E-state index < -0.39 is 0 Å². The van der Waals surface area contributed by atoms with Gasteiger partial charge in [-0.2, -0.15) is 0 Å². The second-order valence-electron chi connectivity index (χ2n) is 10.8. The van der Waals surface area contributed by atoms with Crippen molar-refractivity contribution in [3.63, 3.8) is 0 Å². The number of aromatic nitrogens is 1. The molecule has 0 amide bonds. The van der Waals surface area contributed by atoms with Crippen LogP contribution in [0.5, 0.6) is 0 Å². The predicted octanol–water partition coefficient (Wildman–Crippen LogP) is 11.5. The maximum absolute atomic E-state index is 6.28. The van der Waals surface area contributed by atoms with Crippen LogP contribution in [0.25, 0.3) is 55.4 Å². The van der Waals surface area contributed by atoms with Crippen LogP contribution in [0.15, 0.2) is 174 Å². The number of hydrogen-bond acceptors (Lipinski definition) is 3. The summed E-state index contributed by atoms with van der Waals surface area (Å²) in [5.41, 5.74) is 12.8. The van der Waals surface area contributed by atoms with Crippen LogP contribution in [0.3, 0.4) is 0 Å². The van der Waals surface area contributed by atoms with E-state index in [9.17, 15) is 0 Å². The normalized spacial score (nSPS) is 11.2. The molecule has 3 heteroatoms. The van der Waals surface area contributed by atoms with Gasteiger partial charge >= 0.3 is 0 Å². The highest BCUT2D eigenvalue weighted by molar-refractivity contribution is 6.07. The van der Waals surface area contributed by atoms with Crippen LogP contribution in [-0.2, 0) is 0 Å². The first-order chi connectivity index (χ1) is 21.8. The molecule has 0 unspecified atom stereocenters. The molecule has 2 aromatic heterocycles. The molecule has 0 aliphatic rings. The summed E-state index contributed by atoms with van der Waals surface area (Å²) in [6.07, 6.45) is 1.81. The molecule has 3 nitrogen and oxygen atoms in total. The molecular formula is C41H28N2O. The molecule has 208 valence electrons. The van der Waals surface area contributed by atoms with E-state index in [1.54, 1.807) is 0 Å². The third-order valence-corrected chi connectivity index (χ3v) is 8.15. The Morgan fingerprint density at radius 1 is 0.409 bits per heavy atom. The zero-order valence-electron chi connectivity index (χ0n) is 24.0. The fraction of sp³-hybridized carbons (Fsp3) is 0.